The van der Waals surface area contributed by atoms with Crippen LogP contribution >= 0.6 is 0 Å². The van der Waals surface area contributed by atoms with Crippen molar-refractivity contribution in [3.05, 3.63) is 78.4 Å². The first-order valence-electron chi connectivity index (χ1n) is 9.91. The summed E-state index contributed by atoms with van der Waals surface area (Å²) in [5, 5.41) is 4.39. The molecule has 164 valence electrons. The third-order valence-corrected chi connectivity index (χ3v) is 4.66. The van der Waals surface area contributed by atoms with Crippen LogP contribution in [-0.2, 0) is 0 Å². The highest BCUT2D eigenvalue weighted by Crippen LogP contribution is 2.31. The van der Waals surface area contributed by atoms with Gasteiger partial charge in [0.25, 0.3) is 0 Å². The number of hydrazone groups is 1. The summed E-state index contributed by atoms with van der Waals surface area (Å²) in [6.07, 6.45) is 0. The van der Waals surface area contributed by atoms with E-state index in [1.165, 1.54) is 0 Å². The van der Waals surface area contributed by atoms with Crippen LogP contribution < -0.4 is 19.6 Å². The molecule has 0 heterocycles. The molecule has 3 aromatic carbocycles. The van der Waals surface area contributed by atoms with E-state index in [1.807, 2.05) is 18.2 Å². The molecule has 32 heavy (non-hydrogen) atoms. The number of Topliss-reactive ketones (excluding diaryl/α,β-unsaturated/α-hetero) is 1. The van der Waals surface area contributed by atoms with Crippen molar-refractivity contribution in [2.75, 3.05) is 26.8 Å². The van der Waals surface area contributed by atoms with Crippen LogP contribution in [-0.4, -0.2) is 38.5 Å². The number of carbonyl (C=O) groups is 1. The second-order valence-corrected chi connectivity index (χ2v) is 6.73. The number of ether oxygens (including phenoxy) is 3. The van der Waals surface area contributed by atoms with Gasteiger partial charge in [0, 0.05) is 11.6 Å². The molecule has 0 atom stereocenters. The van der Waals surface area contributed by atoms with Gasteiger partial charge in [-0.15, -0.1) is 0 Å². The first-order chi connectivity index (χ1) is 15.5. The molecule has 0 saturated heterocycles. The van der Waals surface area contributed by atoms with E-state index in [1.54, 1.807) is 82.9 Å². The van der Waals surface area contributed by atoms with Crippen LogP contribution in [0.4, 0.5) is 11.4 Å². The minimum absolute atomic E-state index is 0.185. The van der Waals surface area contributed by atoms with Gasteiger partial charge >= 0.3 is 0 Å². The number of carbonyl (C=O) groups excluding carboxylic acids is 1. The molecule has 3 rings (SSSR count). The maximum Gasteiger partial charge on any atom is 0.215 e. The van der Waals surface area contributed by atoms with E-state index in [2.05, 4.69) is 15.5 Å². The molecule has 0 amide bonds. The quantitative estimate of drug-likeness (QED) is 0.288. The number of hydrogen-bond donors (Lipinski definition) is 1. The lowest BCUT2D eigenvalue weighted by molar-refractivity contribution is 0.106. The predicted octanol–water partition coefficient (Wildman–Crippen LogP) is 5.16. The van der Waals surface area contributed by atoms with Crippen LogP contribution in [0.1, 0.15) is 17.3 Å². The van der Waals surface area contributed by atoms with Gasteiger partial charge in [-0.3, -0.25) is 10.2 Å². The molecular formula is C25H25N3O4. The van der Waals surface area contributed by atoms with Crippen molar-refractivity contribution in [2.24, 2.45) is 10.1 Å². The van der Waals surface area contributed by atoms with Crippen molar-refractivity contribution in [1.82, 2.24) is 0 Å². The normalized spacial score (nSPS) is 11.6. The fourth-order valence-corrected chi connectivity index (χ4v) is 2.92. The number of hydrogen-bond acceptors (Lipinski definition) is 7. The smallest absolute Gasteiger partial charge is 0.215 e. The van der Waals surface area contributed by atoms with Gasteiger partial charge in [0.2, 0.25) is 5.78 Å². The number of benzene rings is 3. The number of anilines is 1. The molecule has 0 aromatic heterocycles. The van der Waals surface area contributed by atoms with Crippen molar-refractivity contribution in [3.63, 3.8) is 0 Å². The first kappa shape index (κ1) is 22.6. The zero-order chi connectivity index (χ0) is 22.9. The zero-order valence-electron chi connectivity index (χ0n) is 18.5. The molecule has 0 aliphatic heterocycles. The SMILES string of the molecule is COc1ccc(N/N=C(/C(=O)c2ccccc2)C(C)=Nc2ccc(OC)cc2OC)cc1. The zero-order valence-corrected chi connectivity index (χ0v) is 18.5. The van der Waals surface area contributed by atoms with E-state index in [9.17, 15) is 4.79 Å². The van der Waals surface area contributed by atoms with Crippen molar-refractivity contribution in [3.8, 4) is 17.2 Å². The van der Waals surface area contributed by atoms with E-state index in [-0.39, 0.29) is 11.5 Å². The first-order valence-corrected chi connectivity index (χ1v) is 9.91. The molecule has 3 aromatic rings. The fraction of sp³-hybridized carbons (Fsp3) is 0.160. The van der Waals surface area contributed by atoms with Crippen LogP contribution in [0.2, 0.25) is 0 Å². The van der Waals surface area contributed by atoms with Gasteiger partial charge in [0.05, 0.1) is 32.7 Å². The predicted molar refractivity (Wildman–Crippen MR) is 127 cm³/mol. The number of nitrogens with zero attached hydrogens (tertiary/aromatic N) is 2. The Morgan fingerprint density at radius 2 is 1.47 bits per heavy atom. The van der Waals surface area contributed by atoms with E-state index >= 15 is 0 Å². The molecule has 0 bridgehead atoms. The second-order valence-electron chi connectivity index (χ2n) is 6.73. The Hall–Kier alpha value is -4.13. The van der Waals surface area contributed by atoms with Crippen molar-refractivity contribution < 1.29 is 19.0 Å². The number of ketones is 1. The van der Waals surface area contributed by atoms with Gasteiger partial charge < -0.3 is 14.2 Å². The highest BCUT2D eigenvalue weighted by atomic mass is 16.5. The summed E-state index contributed by atoms with van der Waals surface area (Å²) in [5.74, 6) is 1.65. The molecule has 1 N–H and O–H groups in total. The fourth-order valence-electron chi connectivity index (χ4n) is 2.92. The van der Waals surface area contributed by atoms with Gasteiger partial charge in [-0.05, 0) is 43.3 Å². The summed E-state index contributed by atoms with van der Waals surface area (Å²) < 4.78 is 15.8. The summed E-state index contributed by atoms with van der Waals surface area (Å²) in [6.45, 7) is 1.74. The summed E-state index contributed by atoms with van der Waals surface area (Å²) >= 11 is 0. The molecule has 0 spiro atoms. The molecule has 0 fully saturated rings. The lowest BCUT2D eigenvalue weighted by Crippen LogP contribution is -2.23. The van der Waals surface area contributed by atoms with Crippen LogP contribution in [0.5, 0.6) is 17.2 Å². The highest BCUT2D eigenvalue weighted by molar-refractivity contribution is 6.70. The molecule has 0 saturated carbocycles. The Labute approximate surface area is 187 Å². The minimum atomic E-state index is -0.250. The van der Waals surface area contributed by atoms with Crippen LogP contribution in [0.15, 0.2) is 82.9 Å². The third kappa shape index (κ3) is 5.51. The minimum Gasteiger partial charge on any atom is -0.497 e. The van der Waals surface area contributed by atoms with Crippen LogP contribution in [0, 0.1) is 0 Å². The molecule has 7 heteroatoms. The highest BCUT2D eigenvalue weighted by Gasteiger charge is 2.18. The third-order valence-electron chi connectivity index (χ3n) is 4.66. The summed E-state index contributed by atoms with van der Waals surface area (Å²) in [5.41, 5.74) is 5.34. The van der Waals surface area contributed by atoms with E-state index < -0.39 is 0 Å². The number of nitrogens with one attached hydrogen (secondary N) is 1. The van der Waals surface area contributed by atoms with Crippen LogP contribution in [0.3, 0.4) is 0 Å². The average molecular weight is 431 g/mol. The Morgan fingerprint density at radius 3 is 2.09 bits per heavy atom. The molecular weight excluding hydrogens is 406 g/mol. The Morgan fingerprint density at radius 1 is 0.812 bits per heavy atom. The monoisotopic (exact) mass is 431 g/mol. The Bertz CT molecular complexity index is 1120. The lowest BCUT2D eigenvalue weighted by Gasteiger charge is -2.10. The number of methoxy groups -OCH3 is 3. The van der Waals surface area contributed by atoms with Gasteiger partial charge in [0.15, 0.2) is 5.71 Å². The van der Waals surface area contributed by atoms with Crippen molar-refractivity contribution in [1.29, 1.82) is 0 Å². The summed E-state index contributed by atoms with van der Waals surface area (Å²) in [4.78, 5) is 17.8. The summed E-state index contributed by atoms with van der Waals surface area (Å²) in [7, 11) is 4.74. The second kappa shape index (κ2) is 10.8. The molecule has 0 aliphatic carbocycles. The Kier molecular flexibility index (Phi) is 7.59. The largest absolute Gasteiger partial charge is 0.497 e. The lowest BCUT2D eigenvalue weighted by atomic mass is 10.0. The van der Waals surface area contributed by atoms with Gasteiger partial charge in [-0.2, -0.15) is 5.10 Å². The van der Waals surface area contributed by atoms with E-state index in [0.29, 0.717) is 34.1 Å². The number of aliphatic imine (C=N–C) groups is 1. The molecule has 0 aliphatic rings. The van der Waals surface area contributed by atoms with Crippen molar-refractivity contribution in [2.45, 2.75) is 6.92 Å². The van der Waals surface area contributed by atoms with Gasteiger partial charge in [-0.25, -0.2) is 4.99 Å². The maximum atomic E-state index is 13.2. The molecule has 0 radical (unpaired) electrons. The topological polar surface area (TPSA) is 81.5 Å². The van der Waals surface area contributed by atoms with E-state index in [4.69, 9.17) is 14.2 Å². The molecule has 0 unspecified atom stereocenters. The average Bonchev–Trinajstić information content (AvgIpc) is 2.85. The van der Waals surface area contributed by atoms with Gasteiger partial charge in [-0.1, -0.05) is 30.3 Å². The standard InChI is InChI=1S/C25H25N3O4/c1-17(26-22-15-14-21(31-3)16-23(22)32-4)24(25(29)18-8-6-5-7-9-18)28-27-19-10-12-20(30-2)13-11-19/h5-16,27H,1-4H3/b26-17?,28-24+. The van der Waals surface area contributed by atoms with E-state index in [0.717, 1.165) is 5.75 Å². The maximum absolute atomic E-state index is 13.2. The molecule has 7 nitrogen and oxygen atoms in total. The summed E-state index contributed by atoms with van der Waals surface area (Å²) in [6, 6.07) is 21.5. The van der Waals surface area contributed by atoms with Crippen LogP contribution in [0.25, 0.3) is 0 Å². The number of rotatable bonds is 9. The van der Waals surface area contributed by atoms with Gasteiger partial charge in [0.1, 0.15) is 22.9 Å². The Balaban J connectivity index is 1.99. The van der Waals surface area contributed by atoms with Crippen molar-refractivity contribution >= 4 is 28.6 Å².